The fourth-order valence-corrected chi connectivity index (χ4v) is 4.57. The van der Waals surface area contributed by atoms with Crippen LogP contribution in [0.4, 0.5) is 0 Å². The molecular formula is C23H32N4O3. The highest BCUT2D eigenvalue weighted by Gasteiger charge is 2.33. The molecule has 0 aliphatic carbocycles. The third kappa shape index (κ3) is 4.31. The number of benzene rings is 1. The molecular weight excluding hydrogens is 380 g/mol. The van der Waals surface area contributed by atoms with Crippen molar-refractivity contribution in [1.82, 2.24) is 19.6 Å². The van der Waals surface area contributed by atoms with Crippen LogP contribution in [-0.2, 0) is 24.9 Å². The molecule has 7 heteroatoms. The van der Waals surface area contributed by atoms with Gasteiger partial charge in [-0.1, -0.05) is 0 Å². The number of carbonyl (C=O) groups is 1. The maximum Gasteiger partial charge on any atom is 0.219 e. The summed E-state index contributed by atoms with van der Waals surface area (Å²) in [5, 5.41) is 4.38. The lowest BCUT2D eigenvalue weighted by Gasteiger charge is -2.37. The summed E-state index contributed by atoms with van der Waals surface area (Å²) in [5.74, 6) is 2.11. The lowest BCUT2D eigenvalue weighted by atomic mass is 9.91. The van der Waals surface area contributed by atoms with Crippen LogP contribution in [0.25, 0.3) is 0 Å². The quantitative estimate of drug-likeness (QED) is 0.773. The summed E-state index contributed by atoms with van der Waals surface area (Å²) in [5.41, 5.74) is 3.50. The van der Waals surface area contributed by atoms with E-state index in [1.807, 2.05) is 41.0 Å². The molecule has 2 aliphatic rings. The van der Waals surface area contributed by atoms with Crippen LogP contribution >= 0.6 is 0 Å². The van der Waals surface area contributed by atoms with Crippen LogP contribution in [0.3, 0.4) is 0 Å². The van der Waals surface area contributed by atoms with Crippen LogP contribution in [0, 0.1) is 12.8 Å². The van der Waals surface area contributed by atoms with Crippen LogP contribution in [0.2, 0.25) is 0 Å². The second kappa shape index (κ2) is 8.68. The number of rotatable bonds is 4. The maximum atomic E-state index is 12.3. The number of hydrogen-bond donors (Lipinski definition) is 0. The highest BCUT2D eigenvalue weighted by Crippen LogP contribution is 2.33. The molecule has 2 atom stereocenters. The van der Waals surface area contributed by atoms with Crippen molar-refractivity contribution >= 4 is 5.91 Å². The number of hydrogen-bond acceptors (Lipinski definition) is 5. The Labute approximate surface area is 178 Å². The molecule has 30 heavy (non-hydrogen) atoms. The van der Waals surface area contributed by atoms with E-state index in [1.54, 1.807) is 14.0 Å². The molecule has 1 saturated heterocycles. The van der Waals surface area contributed by atoms with E-state index < -0.39 is 0 Å². The average Bonchev–Trinajstić information content (AvgIpc) is 2.95. The minimum atomic E-state index is -0.0126. The Morgan fingerprint density at radius 1 is 1.33 bits per heavy atom. The molecule has 1 aromatic carbocycles. The predicted molar refractivity (Wildman–Crippen MR) is 114 cm³/mol. The van der Waals surface area contributed by atoms with Crippen LogP contribution in [0.15, 0.2) is 24.4 Å². The molecule has 2 aliphatic heterocycles. The van der Waals surface area contributed by atoms with Gasteiger partial charge < -0.3 is 14.4 Å². The van der Waals surface area contributed by atoms with Gasteiger partial charge >= 0.3 is 0 Å². The molecule has 4 rings (SSSR count). The Balaban J connectivity index is 1.52. The van der Waals surface area contributed by atoms with Crippen molar-refractivity contribution in [3.8, 4) is 11.5 Å². The van der Waals surface area contributed by atoms with Crippen molar-refractivity contribution in [3.63, 3.8) is 0 Å². The Bertz CT molecular complexity index is 910. The number of piperidine rings is 1. The van der Waals surface area contributed by atoms with Gasteiger partial charge in [0.25, 0.3) is 0 Å². The van der Waals surface area contributed by atoms with E-state index in [4.69, 9.17) is 9.47 Å². The smallest absolute Gasteiger partial charge is 0.219 e. The van der Waals surface area contributed by atoms with E-state index >= 15 is 0 Å². The van der Waals surface area contributed by atoms with Crippen molar-refractivity contribution in [2.75, 3.05) is 26.7 Å². The Hall–Kier alpha value is -2.54. The summed E-state index contributed by atoms with van der Waals surface area (Å²) in [4.78, 5) is 16.7. The van der Waals surface area contributed by atoms with Gasteiger partial charge in [0.2, 0.25) is 5.91 Å². The van der Waals surface area contributed by atoms with E-state index in [-0.39, 0.29) is 12.0 Å². The number of fused-ring (bicyclic) bond motifs is 1. The van der Waals surface area contributed by atoms with E-state index in [0.717, 1.165) is 49.5 Å². The molecule has 1 aromatic heterocycles. The first-order valence-corrected chi connectivity index (χ1v) is 10.7. The second-order valence-electron chi connectivity index (χ2n) is 8.55. The van der Waals surface area contributed by atoms with E-state index in [9.17, 15) is 4.79 Å². The van der Waals surface area contributed by atoms with E-state index in [1.165, 1.54) is 11.3 Å². The lowest BCUT2D eigenvalue weighted by molar-refractivity contribution is -0.130. The van der Waals surface area contributed by atoms with Gasteiger partial charge in [0.15, 0.2) is 0 Å². The first-order valence-electron chi connectivity index (χ1n) is 10.7. The number of aromatic nitrogens is 2. The first kappa shape index (κ1) is 20.7. The summed E-state index contributed by atoms with van der Waals surface area (Å²) in [6.45, 7) is 7.90. The average molecular weight is 413 g/mol. The molecule has 0 saturated carbocycles. The van der Waals surface area contributed by atoms with Crippen LogP contribution < -0.4 is 9.47 Å². The maximum absolute atomic E-state index is 12.3. The molecule has 7 nitrogen and oxygen atoms in total. The molecule has 0 bridgehead atoms. The van der Waals surface area contributed by atoms with Gasteiger partial charge in [0.1, 0.15) is 17.6 Å². The molecule has 1 amide bonds. The molecule has 2 aromatic rings. The minimum Gasteiger partial charge on any atom is -0.497 e. The van der Waals surface area contributed by atoms with Crippen LogP contribution in [0.5, 0.6) is 11.5 Å². The van der Waals surface area contributed by atoms with Crippen molar-refractivity contribution in [1.29, 1.82) is 0 Å². The Kier molecular flexibility index (Phi) is 5.99. The van der Waals surface area contributed by atoms with Crippen molar-refractivity contribution in [2.45, 2.75) is 45.9 Å². The van der Waals surface area contributed by atoms with E-state index in [2.05, 4.69) is 16.9 Å². The highest BCUT2D eigenvalue weighted by molar-refractivity contribution is 5.73. The Morgan fingerprint density at radius 2 is 2.17 bits per heavy atom. The molecule has 0 spiro atoms. The monoisotopic (exact) mass is 412 g/mol. The number of likely N-dealkylation sites (tertiary alicyclic amines) is 1. The first-order chi connectivity index (χ1) is 14.4. The van der Waals surface area contributed by atoms with Gasteiger partial charge in [-0.2, -0.15) is 5.10 Å². The highest BCUT2D eigenvalue weighted by atomic mass is 16.5. The standard InChI is InChI=1S/C23H32N4O3/c1-16-20(11-24-25(16)3)13-26-9-5-6-18(12-26)23-15-27(17(2)28)14-19-10-21(29-4)7-8-22(19)30-23/h7-8,10-11,18,23H,5-6,9,12-15H2,1-4H3. The minimum absolute atomic E-state index is 0.0126. The molecule has 3 heterocycles. The topological polar surface area (TPSA) is 59.8 Å². The second-order valence-corrected chi connectivity index (χ2v) is 8.55. The number of amides is 1. The SMILES string of the molecule is COc1ccc2c(c1)CN(C(C)=O)CC(C1CCCN(Cc3cnn(C)c3C)C1)O2. The third-order valence-electron chi connectivity index (χ3n) is 6.55. The van der Waals surface area contributed by atoms with Gasteiger partial charge in [0, 0.05) is 56.3 Å². The van der Waals surface area contributed by atoms with E-state index in [0.29, 0.717) is 19.0 Å². The summed E-state index contributed by atoms with van der Waals surface area (Å²) in [7, 11) is 3.64. The largest absolute Gasteiger partial charge is 0.497 e. The zero-order chi connectivity index (χ0) is 21.3. The molecule has 0 radical (unpaired) electrons. The zero-order valence-electron chi connectivity index (χ0n) is 18.4. The number of methoxy groups -OCH3 is 1. The molecule has 2 unspecified atom stereocenters. The fraction of sp³-hybridized carbons (Fsp3) is 0.565. The third-order valence-corrected chi connectivity index (χ3v) is 6.55. The van der Waals surface area contributed by atoms with Crippen molar-refractivity contribution < 1.29 is 14.3 Å². The van der Waals surface area contributed by atoms with Gasteiger partial charge in [-0.05, 0) is 44.5 Å². The van der Waals surface area contributed by atoms with Crippen molar-refractivity contribution in [2.24, 2.45) is 13.0 Å². The number of ether oxygens (including phenoxy) is 2. The summed E-state index contributed by atoms with van der Waals surface area (Å²) in [6, 6.07) is 5.88. The number of carbonyl (C=O) groups excluding carboxylic acids is 1. The summed E-state index contributed by atoms with van der Waals surface area (Å²) in [6.07, 6.45) is 4.22. The van der Waals surface area contributed by atoms with Gasteiger partial charge in [-0.15, -0.1) is 0 Å². The predicted octanol–water partition coefficient (Wildman–Crippen LogP) is 2.76. The molecule has 162 valence electrons. The lowest BCUT2D eigenvalue weighted by Crippen LogP contribution is -2.46. The zero-order valence-corrected chi connectivity index (χ0v) is 18.4. The van der Waals surface area contributed by atoms with Gasteiger partial charge in [-0.25, -0.2) is 0 Å². The van der Waals surface area contributed by atoms with Crippen LogP contribution in [0.1, 0.15) is 36.6 Å². The van der Waals surface area contributed by atoms with Crippen molar-refractivity contribution in [3.05, 3.63) is 41.2 Å². The van der Waals surface area contributed by atoms with Crippen LogP contribution in [-0.4, -0.2) is 58.3 Å². The number of aryl methyl sites for hydroxylation is 1. The molecule has 0 N–H and O–H groups in total. The Morgan fingerprint density at radius 3 is 2.87 bits per heavy atom. The molecule has 1 fully saturated rings. The number of nitrogens with zero attached hydrogens (tertiary/aromatic N) is 4. The van der Waals surface area contributed by atoms with Gasteiger partial charge in [0.05, 0.1) is 19.9 Å². The summed E-state index contributed by atoms with van der Waals surface area (Å²) >= 11 is 0. The summed E-state index contributed by atoms with van der Waals surface area (Å²) < 4.78 is 13.8. The van der Waals surface area contributed by atoms with Gasteiger partial charge in [-0.3, -0.25) is 14.4 Å². The fourth-order valence-electron chi connectivity index (χ4n) is 4.57. The normalized spacial score (nSPS) is 22.2.